The Morgan fingerprint density at radius 1 is 1.21 bits per heavy atom. The highest BCUT2D eigenvalue weighted by atomic mass is 19.1. The Balaban J connectivity index is 1.58. The van der Waals surface area contributed by atoms with Crippen LogP contribution in [-0.4, -0.2) is 22.5 Å². The summed E-state index contributed by atoms with van der Waals surface area (Å²) < 4.78 is 38.1. The first-order chi connectivity index (χ1) is 13.3. The molecule has 1 atom stereocenters. The highest BCUT2D eigenvalue weighted by molar-refractivity contribution is 5.95. The van der Waals surface area contributed by atoms with Gasteiger partial charge in [-0.25, -0.2) is 13.6 Å². The number of para-hydroxylation sites is 2. The largest absolute Gasteiger partial charge is 0.452 e. The molecule has 28 heavy (non-hydrogen) atoms. The number of nitrogens with zero attached hydrogens (tertiary/aromatic N) is 1. The van der Waals surface area contributed by atoms with Crippen molar-refractivity contribution in [1.29, 1.82) is 0 Å². The molecule has 0 aliphatic heterocycles. The molecule has 0 radical (unpaired) electrons. The third kappa shape index (κ3) is 4.25. The van der Waals surface area contributed by atoms with E-state index in [1.165, 1.54) is 11.5 Å². The number of hydrogen-bond donors (Lipinski definition) is 1. The summed E-state index contributed by atoms with van der Waals surface area (Å²) in [5, 5.41) is 2.16. The zero-order chi connectivity index (χ0) is 20.3. The number of anilines is 1. The summed E-state index contributed by atoms with van der Waals surface area (Å²) in [6.45, 7) is 1.30. The first kappa shape index (κ1) is 19.3. The second-order valence-electron chi connectivity index (χ2n) is 5.98. The van der Waals surface area contributed by atoms with Crippen LogP contribution in [0.25, 0.3) is 11.1 Å². The van der Waals surface area contributed by atoms with Gasteiger partial charge < -0.3 is 14.5 Å². The monoisotopic (exact) mass is 390 g/mol. The number of esters is 1. The molecule has 1 aromatic heterocycles. The Morgan fingerprint density at radius 3 is 2.75 bits per heavy atom. The average Bonchev–Trinajstić information content (AvgIpc) is 2.98. The van der Waals surface area contributed by atoms with Crippen molar-refractivity contribution in [1.82, 2.24) is 4.57 Å². The van der Waals surface area contributed by atoms with Crippen LogP contribution in [0.3, 0.4) is 0 Å². The molecule has 1 amide bonds. The number of nitrogens with one attached hydrogen (secondary N) is 1. The lowest BCUT2D eigenvalue weighted by atomic mass is 10.2. The molecule has 0 spiro atoms. The Morgan fingerprint density at radius 2 is 1.96 bits per heavy atom. The number of halogens is 2. The van der Waals surface area contributed by atoms with E-state index < -0.39 is 35.4 Å². The summed E-state index contributed by atoms with van der Waals surface area (Å²) in [5.74, 6) is -3.71. The first-order valence-corrected chi connectivity index (χ1v) is 8.39. The number of fused-ring (bicyclic) bond motifs is 1. The number of aryl methyl sites for hydroxylation is 1. The molecule has 2 aromatic carbocycles. The number of carbonyl (C=O) groups excluding carboxylic acids is 2. The molecule has 0 saturated carbocycles. The molecule has 146 valence electrons. The van der Waals surface area contributed by atoms with Gasteiger partial charge in [-0.2, -0.15) is 0 Å². The maximum absolute atomic E-state index is 13.6. The molecule has 1 unspecified atom stereocenters. The van der Waals surface area contributed by atoms with Gasteiger partial charge in [0.25, 0.3) is 5.91 Å². The van der Waals surface area contributed by atoms with E-state index in [-0.39, 0.29) is 18.7 Å². The van der Waals surface area contributed by atoms with Gasteiger partial charge in [-0.05, 0) is 31.2 Å². The summed E-state index contributed by atoms with van der Waals surface area (Å²) in [4.78, 5) is 35.9. The molecule has 0 aliphatic rings. The fraction of sp³-hybridized carbons (Fsp3) is 0.211. The summed E-state index contributed by atoms with van der Waals surface area (Å²) in [6.07, 6.45) is -1.43. The third-order valence-electron chi connectivity index (χ3n) is 3.98. The lowest BCUT2D eigenvalue weighted by Crippen LogP contribution is -2.30. The minimum atomic E-state index is -1.24. The molecule has 3 rings (SSSR count). The molecule has 0 saturated heterocycles. The van der Waals surface area contributed by atoms with Crippen molar-refractivity contribution >= 4 is 28.7 Å². The van der Waals surface area contributed by atoms with Crippen molar-refractivity contribution in [3.8, 4) is 0 Å². The highest BCUT2D eigenvalue weighted by Gasteiger charge is 2.20. The topological polar surface area (TPSA) is 90.5 Å². The Kier molecular flexibility index (Phi) is 5.53. The molecule has 9 heteroatoms. The molecule has 1 N–H and O–H groups in total. The molecule has 7 nitrogen and oxygen atoms in total. The lowest BCUT2D eigenvalue weighted by Gasteiger charge is -2.14. The number of oxazole rings is 1. The summed E-state index contributed by atoms with van der Waals surface area (Å²) in [5.41, 5.74) is 0.572. The first-order valence-electron chi connectivity index (χ1n) is 8.39. The molecular formula is C19H16F2N2O5. The number of rotatable bonds is 6. The van der Waals surface area contributed by atoms with Crippen LogP contribution in [0.4, 0.5) is 14.5 Å². The fourth-order valence-corrected chi connectivity index (χ4v) is 2.57. The van der Waals surface area contributed by atoms with Crippen molar-refractivity contribution in [2.24, 2.45) is 0 Å². The molecule has 0 bridgehead atoms. The van der Waals surface area contributed by atoms with Gasteiger partial charge in [0.1, 0.15) is 11.6 Å². The molecule has 1 heterocycles. The van der Waals surface area contributed by atoms with Crippen LogP contribution in [0.15, 0.2) is 51.7 Å². The number of aromatic nitrogens is 1. The van der Waals surface area contributed by atoms with Gasteiger partial charge in [-0.3, -0.25) is 14.2 Å². The highest BCUT2D eigenvalue weighted by Crippen LogP contribution is 2.16. The van der Waals surface area contributed by atoms with Crippen LogP contribution in [0.1, 0.15) is 13.3 Å². The van der Waals surface area contributed by atoms with Crippen LogP contribution in [0, 0.1) is 11.6 Å². The normalized spacial score (nSPS) is 12.0. The van der Waals surface area contributed by atoms with Crippen molar-refractivity contribution in [2.75, 3.05) is 5.32 Å². The predicted molar refractivity (Wildman–Crippen MR) is 95.6 cm³/mol. The minimum Gasteiger partial charge on any atom is -0.452 e. The van der Waals surface area contributed by atoms with E-state index in [4.69, 9.17) is 9.15 Å². The van der Waals surface area contributed by atoms with Gasteiger partial charge in [0.2, 0.25) is 0 Å². The van der Waals surface area contributed by atoms with Crippen molar-refractivity contribution in [3.05, 3.63) is 64.6 Å². The summed E-state index contributed by atoms with van der Waals surface area (Å²) >= 11 is 0. The molecular weight excluding hydrogens is 374 g/mol. The van der Waals surface area contributed by atoms with Gasteiger partial charge in [-0.15, -0.1) is 0 Å². The number of ether oxygens (including phenoxy) is 1. The van der Waals surface area contributed by atoms with Crippen LogP contribution in [0.5, 0.6) is 0 Å². The lowest BCUT2D eigenvalue weighted by molar-refractivity contribution is -0.153. The van der Waals surface area contributed by atoms with E-state index in [1.807, 2.05) is 0 Å². The minimum absolute atomic E-state index is 0.00153. The Labute approximate surface area is 157 Å². The quantitative estimate of drug-likeness (QED) is 0.654. The SMILES string of the molecule is CC(OC(=O)CCn1c(=O)oc2ccccc21)C(=O)Nc1cc(F)ccc1F. The second-order valence-corrected chi connectivity index (χ2v) is 5.98. The molecule has 0 fully saturated rings. The molecule has 3 aromatic rings. The second kappa shape index (κ2) is 8.03. The average molecular weight is 390 g/mol. The van der Waals surface area contributed by atoms with Crippen molar-refractivity contribution < 1.29 is 27.5 Å². The maximum atomic E-state index is 13.6. The van der Waals surface area contributed by atoms with E-state index in [1.54, 1.807) is 24.3 Å². The van der Waals surface area contributed by atoms with Crippen LogP contribution in [-0.2, 0) is 20.9 Å². The maximum Gasteiger partial charge on any atom is 0.419 e. The van der Waals surface area contributed by atoms with E-state index in [9.17, 15) is 23.2 Å². The van der Waals surface area contributed by atoms with E-state index >= 15 is 0 Å². The van der Waals surface area contributed by atoms with Crippen LogP contribution >= 0.6 is 0 Å². The van der Waals surface area contributed by atoms with Gasteiger partial charge in [-0.1, -0.05) is 12.1 Å². The Hall–Kier alpha value is -3.49. The number of amides is 1. The van der Waals surface area contributed by atoms with Gasteiger partial charge in [0.05, 0.1) is 17.6 Å². The zero-order valence-electron chi connectivity index (χ0n) is 14.8. The third-order valence-corrected chi connectivity index (χ3v) is 3.98. The summed E-state index contributed by atoms with van der Waals surface area (Å²) in [6, 6.07) is 9.34. The zero-order valence-corrected chi connectivity index (χ0v) is 14.8. The Bertz CT molecular complexity index is 1090. The van der Waals surface area contributed by atoms with Gasteiger partial charge in [0, 0.05) is 12.6 Å². The molecule has 0 aliphatic carbocycles. The van der Waals surface area contributed by atoms with Gasteiger partial charge in [0.15, 0.2) is 11.7 Å². The predicted octanol–water partition coefficient (Wildman–Crippen LogP) is 2.83. The standard InChI is InChI=1S/C19H16F2N2O5/c1-11(18(25)22-14-10-12(20)6-7-13(14)21)27-17(24)8-9-23-15-4-2-3-5-16(15)28-19(23)26/h2-7,10-11H,8-9H2,1H3,(H,22,25). The van der Waals surface area contributed by atoms with E-state index in [0.29, 0.717) is 11.1 Å². The number of carbonyl (C=O) groups is 2. The van der Waals surface area contributed by atoms with E-state index in [0.717, 1.165) is 18.2 Å². The van der Waals surface area contributed by atoms with Crippen molar-refractivity contribution in [3.63, 3.8) is 0 Å². The van der Waals surface area contributed by atoms with Gasteiger partial charge >= 0.3 is 11.7 Å². The smallest absolute Gasteiger partial charge is 0.419 e. The van der Waals surface area contributed by atoms with E-state index in [2.05, 4.69) is 5.32 Å². The fourth-order valence-electron chi connectivity index (χ4n) is 2.57. The number of benzene rings is 2. The van der Waals surface area contributed by atoms with Crippen LogP contribution < -0.4 is 11.1 Å². The number of hydrogen-bond acceptors (Lipinski definition) is 5. The summed E-state index contributed by atoms with van der Waals surface area (Å²) in [7, 11) is 0. The van der Waals surface area contributed by atoms with Crippen LogP contribution in [0.2, 0.25) is 0 Å². The van der Waals surface area contributed by atoms with Crippen molar-refractivity contribution in [2.45, 2.75) is 26.0 Å².